The monoisotopic (exact) mass is 382 g/mol. The summed E-state index contributed by atoms with van der Waals surface area (Å²) in [6, 6.07) is 17.8. The molecule has 3 aromatic rings. The topological polar surface area (TPSA) is 62.5 Å². The quantitative estimate of drug-likeness (QED) is 0.363. The van der Waals surface area contributed by atoms with E-state index in [2.05, 4.69) is 26.7 Å². The fourth-order valence-electron chi connectivity index (χ4n) is 2.68. The molecule has 2 N–H and O–H groups in total. The van der Waals surface area contributed by atoms with Crippen molar-refractivity contribution in [3.8, 4) is 11.5 Å². The summed E-state index contributed by atoms with van der Waals surface area (Å²) >= 11 is 6.18. The van der Waals surface area contributed by atoms with E-state index in [1.807, 2.05) is 48.5 Å². The van der Waals surface area contributed by atoms with Crippen LogP contribution in [0.3, 0.4) is 0 Å². The van der Waals surface area contributed by atoms with E-state index in [4.69, 9.17) is 16.0 Å². The number of nitrogens with zero attached hydrogens (tertiary/aromatic N) is 2. The standard InChI is InChI=1S/C21H23ClN4O/c1-23-21(24-13-7-11-16-8-5-6-12-19(16)22)25-14-18-15-27-20(26-18)17-9-3-2-4-10-17/h2-6,8-10,12,15H,7,11,13-14H2,1H3,(H2,23,24,25). The Morgan fingerprint density at radius 2 is 1.85 bits per heavy atom. The summed E-state index contributed by atoms with van der Waals surface area (Å²) in [6.45, 7) is 1.35. The van der Waals surface area contributed by atoms with E-state index in [1.54, 1.807) is 13.3 Å². The third-order valence-electron chi connectivity index (χ3n) is 4.11. The Kier molecular flexibility index (Phi) is 6.88. The molecule has 0 atom stereocenters. The van der Waals surface area contributed by atoms with Gasteiger partial charge in [-0.3, -0.25) is 4.99 Å². The molecule has 27 heavy (non-hydrogen) atoms. The van der Waals surface area contributed by atoms with E-state index in [0.29, 0.717) is 12.4 Å². The van der Waals surface area contributed by atoms with Crippen molar-refractivity contribution in [3.63, 3.8) is 0 Å². The average Bonchev–Trinajstić information content (AvgIpc) is 3.18. The second-order valence-corrected chi connectivity index (χ2v) is 6.46. The number of guanidine groups is 1. The summed E-state index contributed by atoms with van der Waals surface area (Å²) in [5.74, 6) is 1.36. The third kappa shape index (κ3) is 5.59. The second kappa shape index (κ2) is 9.78. The molecule has 0 fully saturated rings. The van der Waals surface area contributed by atoms with Crippen LogP contribution in [0, 0.1) is 0 Å². The van der Waals surface area contributed by atoms with Crippen LogP contribution in [0.2, 0.25) is 5.02 Å². The molecule has 0 radical (unpaired) electrons. The molecule has 1 heterocycles. The maximum atomic E-state index is 6.18. The smallest absolute Gasteiger partial charge is 0.226 e. The van der Waals surface area contributed by atoms with Gasteiger partial charge in [0.1, 0.15) is 6.26 Å². The number of hydrogen-bond donors (Lipinski definition) is 2. The predicted molar refractivity (Wildman–Crippen MR) is 110 cm³/mol. The SMILES string of the molecule is CN=C(NCCCc1ccccc1Cl)NCc1coc(-c2ccccc2)n1. The highest BCUT2D eigenvalue weighted by Gasteiger charge is 2.07. The Morgan fingerprint density at radius 1 is 1.07 bits per heavy atom. The molecule has 1 aromatic heterocycles. The summed E-state index contributed by atoms with van der Waals surface area (Å²) in [5, 5.41) is 7.38. The highest BCUT2D eigenvalue weighted by molar-refractivity contribution is 6.31. The lowest BCUT2D eigenvalue weighted by Gasteiger charge is -2.11. The van der Waals surface area contributed by atoms with Crippen LogP contribution in [0.25, 0.3) is 11.5 Å². The molecule has 0 aliphatic rings. The maximum Gasteiger partial charge on any atom is 0.226 e. The Hall–Kier alpha value is -2.79. The lowest BCUT2D eigenvalue weighted by molar-refractivity contribution is 0.572. The zero-order valence-electron chi connectivity index (χ0n) is 15.3. The number of oxazole rings is 1. The predicted octanol–water partition coefficient (Wildman–Crippen LogP) is 4.29. The summed E-state index contributed by atoms with van der Waals surface area (Å²) in [4.78, 5) is 8.75. The summed E-state index contributed by atoms with van der Waals surface area (Å²) in [7, 11) is 1.75. The van der Waals surface area contributed by atoms with Crippen molar-refractivity contribution in [2.75, 3.05) is 13.6 Å². The van der Waals surface area contributed by atoms with Crippen molar-refractivity contribution in [1.29, 1.82) is 0 Å². The molecule has 0 saturated carbocycles. The van der Waals surface area contributed by atoms with Gasteiger partial charge in [0.2, 0.25) is 5.89 Å². The van der Waals surface area contributed by atoms with Gasteiger partial charge in [-0.2, -0.15) is 0 Å². The van der Waals surface area contributed by atoms with Crippen LogP contribution in [-0.2, 0) is 13.0 Å². The molecular weight excluding hydrogens is 360 g/mol. The molecule has 0 saturated heterocycles. The molecule has 6 heteroatoms. The van der Waals surface area contributed by atoms with Gasteiger partial charge in [-0.05, 0) is 36.6 Å². The van der Waals surface area contributed by atoms with Crippen LogP contribution in [-0.4, -0.2) is 24.5 Å². The molecule has 2 aromatic carbocycles. The fourth-order valence-corrected chi connectivity index (χ4v) is 2.91. The Morgan fingerprint density at radius 3 is 2.63 bits per heavy atom. The molecule has 0 amide bonds. The van der Waals surface area contributed by atoms with Crippen LogP contribution in [0.4, 0.5) is 0 Å². The Balaban J connectivity index is 1.43. The van der Waals surface area contributed by atoms with Crippen LogP contribution < -0.4 is 10.6 Å². The lowest BCUT2D eigenvalue weighted by Crippen LogP contribution is -2.37. The van der Waals surface area contributed by atoms with Crippen LogP contribution >= 0.6 is 11.6 Å². The minimum absolute atomic E-state index is 0.542. The average molecular weight is 383 g/mol. The number of rotatable bonds is 7. The largest absolute Gasteiger partial charge is 0.444 e. The Bertz CT molecular complexity index is 877. The number of aromatic nitrogens is 1. The number of aryl methyl sites for hydroxylation is 1. The number of aliphatic imine (C=N–C) groups is 1. The van der Waals surface area contributed by atoms with Crippen molar-refractivity contribution in [2.45, 2.75) is 19.4 Å². The minimum Gasteiger partial charge on any atom is -0.444 e. The lowest BCUT2D eigenvalue weighted by atomic mass is 10.1. The van der Waals surface area contributed by atoms with Gasteiger partial charge in [0.25, 0.3) is 0 Å². The first-order valence-corrected chi connectivity index (χ1v) is 9.32. The minimum atomic E-state index is 0.542. The van der Waals surface area contributed by atoms with E-state index in [0.717, 1.165) is 41.6 Å². The first-order valence-electron chi connectivity index (χ1n) is 8.94. The highest BCUT2D eigenvalue weighted by atomic mass is 35.5. The van der Waals surface area contributed by atoms with E-state index >= 15 is 0 Å². The highest BCUT2D eigenvalue weighted by Crippen LogP contribution is 2.18. The van der Waals surface area contributed by atoms with Gasteiger partial charge in [0, 0.05) is 24.2 Å². The van der Waals surface area contributed by atoms with E-state index in [-0.39, 0.29) is 0 Å². The first-order chi connectivity index (χ1) is 13.3. The molecule has 140 valence electrons. The van der Waals surface area contributed by atoms with Gasteiger partial charge in [-0.25, -0.2) is 4.98 Å². The van der Waals surface area contributed by atoms with E-state index < -0.39 is 0 Å². The van der Waals surface area contributed by atoms with E-state index in [9.17, 15) is 0 Å². The van der Waals surface area contributed by atoms with E-state index in [1.165, 1.54) is 5.56 Å². The number of hydrogen-bond acceptors (Lipinski definition) is 3. The molecule has 0 spiro atoms. The second-order valence-electron chi connectivity index (χ2n) is 6.06. The molecule has 0 bridgehead atoms. The summed E-state index contributed by atoms with van der Waals surface area (Å²) < 4.78 is 5.55. The van der Waals surface area contributed by atoms with Gasteiger partial charge in [0.15, 0.2) is 5.96 Å². The zero-order chi connectivity index (χ0) is 18.9. The van der Waals surface area contributed by atoms with Crippen molar-refractivity contribution in [1.82, 2.24) is 15.6 Å². The molecule has 0 unspecified atom stereocenters. The van der Waals surface area contributed by atoms with Crippen LogP contribution in [0.5, 0.6) is 0 Å². The van der Waals surface area contributed by atoms with Gasteiger partial charge >= 0.3 is 0 Å². The summed E-state index contributed by atoms with van der Waals surface area (Å²) in [5.41, 5.74) is 2.96. The maximum absolute atomic E-state index is 6.18. The number of halogens is 1. The zero-order valence-corrected chi connectivity index (χ0v) is 16.0. The van der Waals surface area contributed by atoms with Gasteiger partial charge in [-0.1, -0.05) is 48.0 Å². The Labute approximate surface area is 164 Å². The van der Waals surface area contributed by atoms with Crippen molar-refractivity contribution in [2.24, 2.45) is 4.99 Å². The van der Waals surface area contributed by atoms with Crippen LogP contribution in [0.15, 0.2) is 70.3 Å². The molecule has 0 aliphatic heterocycles. The van der Waals surface area contributed by atoms with Gasteiger partial charge in [-0.15, -0.1) is 0 Å². The van der Waals surface area contributed by atoms with Crippen LogP contribution in [0.1, 0.15) is 17.7 Å². The normalized spacial score (nSPS) is 11.4. The number of nitrogens with one attached hydrogen (secondary N) is 2. The van der Waals surface area contributed by atoms with Crippen molar-refractivity contribution in [3.05, 3.63) is 77.1 Å². The van der Waals surface area contributed by atoms with Crippen molar-refractivity contribution >= 4 is 17.6 Å². The third-order valence-corrected chi connectivity index (χ3v) is 4.47. The molecular formula is C21H23ClN4O. The molecule has 5 nitrogen and oxygen atoms in total. The first kappa shape index (κ1) is 19.0. The fraction of sp³-hybridized carbons (Fsp3) is 0.238. The van der Waals surface area contributed by atoms with Gasteiger partial charge < -0.3 is 15.1 Å². The summed E-state index contributed by atoms with van der Waals surface area (Å²) in [6.07, 6.45) is 3.56. The molecule has 3 rings (SSSR count). The van der Waals surface area contributed by atoms with Crippen molar-refractivity contribution < 1.29 is 4.42 Å². The number of benzene rings is 2. The molecule has 0 aliphatic carbocycles. The van der Waals surface area contributed by atoms with Gasteiger partial charge in [0.05, 0.1) is 12.2 Å².